The summed E-state index contributed by atoms with van der Waals surface area (Å²) in [5.74, 6) is -4.32. The van der Waals surface area contributed by atoms with Crippen LogP contribution in [0.2, 0.25) is 0 Å². The van der Waals surface area contributed by atoms with E-state index >= 15 is 0 Å². The smallest absolute Gasteiger partial charge is 0.326 e. The van der Waals surface area contributed by atoms with Crippen molar-refractivity contribution in [3.05, 3.63) is 0 Å². The number of carbonyl (C=O) groups excluding carboxylic acids is 3. The van der Waals surface area contributed by atoms with Gasteiger partial charge in [-0.3, -0.25) is 19.2 Å². The van der Waals surface area contributed by atoms with Crippen molar-refractivity contribution in [1.29, 1.82) is 0 Å². The maximum Gasteiger partial charge on any atom is 0.326 e. The zero-order valence-corrected chi connectivity index (χ0v) is 19.2. The third-order valence-corrected chi connectivity index (χ3v) is 5.22. The number of amides is 3. The van der Waals surface area contributed by atoms with Gasteiger partial charge in [-0.2, -0.15) is 0 Å². The molecule has 1 saturated heterocycles. The second kappa shape index (κ2) is 12.4. The van der Waals surface area contributed by atoms with Crippen LogP contribution in [-0.2, 0) is 24.0 Å². The number of hydrogen-bond acceptors (Lipinski definition) is 6. The molecule has 3 amide bonds. The molecular formula is C21H36N4O7. The molecule has 1 aliphatic heterocycles. The molecule has 0 aromatic heterocycles. The lowest BCUT2D eigenvalue weighted by Gasteiger charge is -2.29. The van der Waals surface area contributed by atoms with Gasteiger partial charge in [-0.15, -0.1) is 0 Å². The Morgan fingerprint density at radius 3 is 2.00 bits per heavy atom. The first-order valence-corrected chi connectivity index (χ1v) is 10.9. The zero-order valence-electron chi connectivity index (χ0n) is 19.2. The molecule has 0 spiro atoms. The fourth-order valence-corrected chi connectivity index (χ4v) is 3.73. The Balaban J connectivity index is 3.00. The van der Waals surface area contributed by atoms with Crippen molar-refractivity contribution in [1.82, 2.24) is 15.5 Å². The molecule has 11 heteroatoms. The lowest BCUT2D eigenvalue weighted by molar-refractivity contribution is -0.150. The molecular weight excluding hydrogens is 420 g/mol. The van der Waals surface area contributed by atoms with Crippen LogP contribution in [0.25, 0.3) is 0 Å². The number of likely N-dealkylation sites (tertiary alicyclic amines) is 1. The van der Waals surface area contributed by atoms with E-state index in [-0.39, 0.29) is 24.8 Å². The van der Waals surface area contributed by atoms with E-state index in [0.29, 0.717) is 19.3 Å². The number of carboxylic acid groups (broad SMARTS) is 2. The Kier molecular flexibility index (Phi) is 10.6. The molecule has 1 heterocycles. The minimum Gasteiger partial charge on any atom is -0.481 e. The van der Waals surface area contributed by atoms with Gasteiger partial charge >= 0.3 is 11.9 Å². The van der Waals surface area contributed by atoms with Gasteiger partial charge in [0.05, 0.1) is 12.5 Å². The van der Waals surface area contributed by atoms with Crippen LogP contribution in [0.15, 0.2) is 0 Å². The molecule has 0 saturated carbocycles. The van der Waals surface area contributed by atoms with Gasteiger partial charge in [0.1, 0.15) is 18.1 Å². The van der Waals surface area contributed by atoms with E-state index in [1.54, 1.807) is 0 Å². The van der Waals surface area contributed by atoms with Crippen LogP contribution >= 0.6 is 0 Å². The molecule has 1 aliphatic rings. The molecule has 32 heavy (non-hydrogen) atoms. The molecule has 0 bridgehead atoms. The molecule has 6 N–H and O–H groups in total. The van der Waals surface area contributed by atoms with E-state index < -0.39 is 60.2 Å². The van der Waals surface area contributed by atoms with E-state index in [9.17, 15) is 34.2 Å². The van der Waals surface area contributed by atoms with Gasteiger partial charge in [0.2, 0.25) is 17.7 Å². The molecule has 1 rings (SSSR count). The van der Waals surface area contributed by atoms with Crippen LogP contribution in [0.4, 0.5) is 0 Å². The zero-order chi connectivity index (χ0) is 24.6. The summed E-state index contributed by atoms with van der Waals surface area (Å²) < 4.78 is 0. The largest absolute Gasteiger partial charge is 0.481 e. The van der Waals surface area contributed by atoms with E-state index in [0.717, 1.165) is 0 Å². The Bertz CT molecular complexity index is 710. The number of nitrogens with two attached hydrogens (primary N) is 1. The molecule has 0 aromatic carbocycles. The summed E-state index contributed by atoms with van der Waals surface area (Å²) in [5, 5.41) is 23.5. The topological polar surface area (TPSA) is 179 Å². The predicted molar refractivity (Wildman–Crippen MR) is 115 cm³/mol. The second-order valence-electron chi connectivity index (χ2n) is 9.11. The van der Waals surface area contributed by atoms with Crippen LogP contribution < -0.4 is 16.4 Å². The van der Waals surface area contributed by atoms with Gasteiger partial charge in [-0.25, -0.2) is 4.79 Å². The van der Waals surface area contributed by atoms with Crippen LogP contribution in [0.5, 0.6) is 0 Å². The molecule has 182 valence electrons. The van der Waals surface area contributed by atoms with E-state index in [1.165, 1.54) is 4.90 Å². The van der Waals surface area contributed by atoms with Crippen molar-refractivity contribution in [2.24, 2.45) is 17.6 Å². The van der Waals surface area contributed by atoms with Gasteiger partial charge in [0.25, 0.3) is 0 Å². The second-order valence-corrected chi connectivity index (χ2v) is 9.11. The fourth-order valence-electron chi connectivity index (χ4n) is 3.73. The van der Waals surface area contributed by atoms with Gasteiger partial charge in [-0.1, -0.05) is 27.7 Å². The molecule has 11 nitrogen and oxygen atoms in total. The van der Waals surface area contributed by atoms with Crippen LogP contribution in [0.3, 0.4) is 0 Å². The molecule has 0 aromatic rings. The number of carbonyl (C=O) groups is 5. The average Bonchev–Trinajstić information content (AvgIpc) is 3.15. The van der Waals surface area contributed by atoms with Gasteiger partial charge in [0, 0.05) is 6.54 Å². The van der Waals surface area contributed by atoms with Crippen LogP contribution in [0, 0.1) is 11.8 Å². The molecule has 0 aliphatic carbocycles. The number of aliphatic carboxylic acids is 2. The number of hydrogen-bond donors (Lipinski definition) is 5. The van der Waals surface area contributed by atoms with Gasteiger partial charge < -0.3 is 31.5 Å². The van der Waals surface area contributed by atoms with Crippen LogP contribution in [-0.4, -0.2) is 75.5 Å². The fraction of sp³-hybridized carbons (Fsp3) is 0.762. The molecule has 0 radical (unpaired) electrons. The molecule has 1 fully saturated rings. The number of nitrogens with zero attached hydrogens (tertiary/aromatic N) is 1. The highest BCUT2D eigenvalue weighted by Gasteiger charge is 2.38. The van der Waals surface area contributed by atoms with Gasteiger partial charge in [-0.05, 0) is 37.5 Å². The maximum absolute atomic E-state index is 13.1. The summed E-state index contributed by atoms with van der Waals surface area (Å²) in [5.41, 5.74) is 5.83. The summed E-state index contributed by atoms with van der Waals surface area (Å²) in [6, 6.07) is -4.33. The van der Waals surface area contributed by atoms with Crippen molar-refractivity contribution in [3.8, 4) is 0 Å². The van der Waals surface area contributed by atoms with Gasteiger partial charge in [0.15, 0.2) is 0 Å². The monoisotopic (exact) mass is 456 g/mol. The number of rotatable bonds is 12. The maximum atomic E-state index is 13.1. The minimum atomic E-state index is -1.42. The van der Waals surface area contributed by atoms with Crippen molar-refractivity contribution in [2.75, 3.05) is 6.54 Å². The van der Waals surface area contributed by atoms with Crippen molar-refractivity contribution in [3.63, 3.8) is 0 Å². The summed E-state index contributed by atoms with van der Waals surface area (Å²) in [6.07, 6.45) is 0.766. The summed E-state index contributed by atoms with van der Waals surface area (Å²) in [4.78, 5) is 62.2. The van der Waals surface area contributed by atoms with Crippen molar-refractivity contribution < 1.29 is 34.2 Å². The quantitative estimate of drug-likeness (QED) is 0.270. The highest BCUT2D eigenvalue weighted by atomic mass is 16.4. The Morgan fingerprint density at radius 1 is 0.938 bits per heavy atom. The van der Waals surface area contributed by atoms with Crippen LogP contribution in [0.1, 0.15) is 59.8 Å². The SMILES string of the molecule is CC(C)CC(N)C(=O)NC(CC(=O)O)C(=O)NC(CC(C)C)C(=O)N1CCCC1C(=O)O. The molecule has 4 atom stereocenters. The third-order valence-electron chi connectivity index (χ3n) is 5.22. The average molecular weight is 457 g/mol. The lowest BCUT2D eigenvalue weighted by Crippen LogP contribution is -2.57. The third kappa shape index (κ3) is 8.45. The van der Waals surface area contributed by atoms with E-state index in [1.807, 2.05) is 27.7 Å². The summed E-state index contributed by atoms with van der Waals surface area (Å²) in [6.45, 7) is 7.69. The number of nitrogens with one attached hydrogen (secondary N) is 2. The van der Waals surface area contributed by atoms with E-state index in [4.69, 9.17) is 5.73 Å². The predicted octanol–water partition coefficient (Wildman–Crippen LogP) is -0.0742. The number of carboxylic acids is 2. The normalized spacial score (nSPS) is 18.8. The minimum absolute atomic E-state index is 0.0119. The van der Waals surface area contributed by atoms with Crippen molar-refractivity contribution in [2.45, 2.75) is 84.0 Å². The highest BCUT2D eigenvalue weighted by molar-refractivity contribution is 5.95. The highest BCUT2D eigenvalue weighted by Crippen LogP contribution is 2.20. The Morgan fingerprint density at radius 2 is 1.50 bits per heavy atom. The Hall–Kier alpha value is -2.69. The van der Waals surface area contributed by atoms with E-state index in [2.05, 4.69) is 10.6 Å². The first-order valence-electron chi connectivity index (χ1n) is 10.9. The molecule has 4 unspecified atom stereocenters. The summed E-state index contributed by atoms with van der Waals surface area (Å²) in [7, 11) is 0. The lowest BCUT2D eigenvalue weighted by atomic mass is 10.0. The first kappa shape index (κ1) is 27.3. The standard InChI is InChI=1S/C21H36N4O7/c1-11(2)8-13(22)18(28)23-14(10-17(26)27)19(29)24-15(9-12(3)4)20(30)25-7-5-6-16(25)21(31)32/h11-16H,5-10,22H2,1-4H3,(H,23,28)(H,24,29)(H,26,27)(H,31,32). The van der Waals surface area contributed by atoms with Crippen molar-refractivity contribution >= 4 is 29.7 Å². The summed E-state index contributed by atoms with van der Waals surface area (Å²) >= 11 is 0. The Labute approximate surface area is 188 Å². The first-order chi connectivity index (χ1) is 14.8.